The molecule has 1 aliphatic rings. The first-order valence-corrected chi connectivity index (χ1v) is 14.8. The van der Waals surface area contributed by atoms with Crippen molar-refractivity contribution in [3.8, 4) is 5.75 Å². The van der Waals surface area contributed by atoms with Crippen LogP contribution in [0.4, 0.5) is 10.1 Å². The molecular formula is C31H32Cl3FN4O3. The van der Waals surface area contributed by atoms with Crippen molar-refractivity contribution in [3.63, 3.8) is 0 Å². The molecular weight excluding hydrogens is 602 g/mol. The van der Waals surface area contributed by atoms with Gasteiger partial charge >= 0.3 is 0 Å². The Hall–Kier alpha value is -3.17. The molecule has 2 N–H and O–H groups in total. The second-order valence-electron chi connectivity index (χ2n) is 10.1. The number of halogens is 4. The Kier molecular flexibility index (Phi) is 11.6. The van der Waals surface area contributed by atoms with Gasteiger partial charge in [0.05, 0.1) is 17.3 Å². The summed E-state index contributed by atoms with van der Waals surface area (Å²) in [6.07, 6.45) is 2.17. The topological polar surface area (TPSA) is 83.0 Å². The van der Waals surface area contributed by atoms with Gasteiger partial charge in [0.15, 0.2) is 0 Å². The summed E-state index contributed by atoms with van der Waals surface area (Å²) in [7, 11) is 0. The van der Waals surface area contributed by atoms with E-state index in [2.05, 4.69) is 20.7 Å². The summed E-state index contributed by atoms with van der Waals surface area (Å²) in [5, 5.41) is 8.55. The molecule has 0 aliphatic carbocycles. The summed E-state index contributed by atoms with van der Waals surface area (Å²) in [6.45, 7) is 4.22. The van der Waals surface area contributed by atoms with Gasteiger partial charge in [-0.2, -0.15) is 5.10 Å². The highest BCUT2D eigenvalue weighted by molar-refractivity contribution is 6.35. The lowest BCUT2D eigenvalue weighted by Gasteiger charge is -2.31. The molecule has 42 heavy (non-hydrogen) atoms. The van der Waals surface area contributed by atoms with Crippen molar-refractivity contribution in [2.24, 2.45) is 11.0 Å². The number of benzene rings is 3. The number of hydrogen-bond donors (Lipinski definition) is 2. The van der Waals surface area contributed by atoms with Crippen LogP contribution >= 0.6 is 34.8 Å². The van der Waals surface area contributed by atoms with E-state index in [1.165, 1.54) is 12.1 Å². The molecule has 0 atom stereocenters. The standard InChI is InChI=1S/C31H32Cl3FN4O3/c1-20(37-38-31(41)21-11-13-39(14-12-21)19-23-7-9-25(35)18-27(23)33)22-4-2-5-26(16-22)36-30(40)6-3-15-42-29-10-8-24(32)17-28(29)34/h2,4-5,7-10,16-18,21H,3,6,11-15,19H2,1H3,(H,36,40)(H,38,41)/b37-20+. The molecule has 0 spiro atoms. The SMILES string of the molecule is C/C(=N\NC(=O)C1CCN(Cc2ccc(F)cc2Cl)CC1)c1cccc(NC(=O)CCCOc2ccc(Cl)cc2Cl)c1. The van der Waals surface area contributed by atoms with E-state index >= 15 is 0 Å². The molecule has 0 radical (unpaired) electrons. The summed E-state index contributed by atoms with van der Waals surface area (Å²) < 4.78 is 18.9. The molecule has 0 unspecified atom stereocenters. The van der Waals surface area contributed by atoms with Crippen molar-refractivity contribution < 1.29 is 18.7 Å². The zero-order chi connectivity index (χ0) is 30.1. The Bertz CT molecular complexity index is 1440. The molecule has 7 nitrogen and oxygen atoms in total. The van der Waals surface area contributed by atoms with Crippen LogP contribution in [0.25, 0.3) is 0 Å². The number of piperidine rings is 1. The Morgan fingerprint density at radius 3 is 2.55 bits per heavy atom. The van der Waals surface area contributed by atoms with Gasteiger partial charge in [-0.15, -0.1) is 0 Å². The highest BCUT2D eigenvalue weighted by atomic mass is 35.5. The van der Waals surface area contributed by atoms with Crippen molar-refractivity contribution >= 4 is 58.0 Å². The third-order valence-corrected chi connectivity index (χ3v) is 7.85. The Morgan fingerprint density at radius 2 is 1.81 bits per heavy atom. The van der Waals surface area contributed by atoms with Crippen LogP contribution in [-0.2, 0) is 16.1 Å². The summed E-state index contributed by atoms with van der Waals surface area (Å²) in [5.74, 6) is -0.250. The number of carbonyl (C=O) groups is 2. The summed E-state index contributed by atoms with van der Waals surface area (Å²) in [5.41, 5.74) is 5.60. The number of hydrogen-bond acceptors (Lipinski definition) is 5. The largest absolute Gasteiger partial charge is 0.492 e. The van der Waals surface area contributed by atoms with Gasteiger partial charge in [-0.3, -0.25) is 14.5 Å². The van der Waals surface area contributed by atoms with Gasteiger partial charge in [0, 0.05) is 34.6 Å². The fraction of sp³-hybridized carbons (Fsp3) is 0.323. The summed E-state index contributed by atoms with van der Waals surface area (Å²) in [4.78, 5) is 27.4. The number of anilines is 1. The molecule has 1 saturated heterocycles. The van der Waals surface area contributed by atoms with Gasteiger partial charge in [0.1, 0.15) is 11.6 Å². The fourth-order valence-corrected chi connectivity index (χ4v) is 5.28. The molecule has 222 valence electrons. The second-order valence-corrected chi connectivity index (χ2v) is 11.4. The fourth-order valence-electron chi connectivity index (χ4n) is 4.59. The molecule has 2 amide bonds. The molecule has 1 heterocycles. The van der Waals surface area contributed by atoms with Crippen LogP contribution in [0, 0.1) is 11.7 Å². The molecule has 1 aliphatic heterocycles. The first-order chi connectivity index (χ1) is 20.2. The van der Waals surface area contributed by atoms with Crippen LogP contribution in [0.2, 0.25) is 15.1 Å². The predicted octanol–water partition coefficient (Wildman–Crippen LogP) is 7.34. The van der Waals surface area contributed by atoms with E-state index in [9.17, 15) is 14.0 Å². The molecule has 0 bridgehead atoms. The molecule has 11 heteroatoms. The number of hydrazone groups is 1. The quantitative estimate of drug-likeness (QED) is 0.132. The number of likely N-dealkylation sites (tertiary alicyclic amines) is 1. The lowest BCUT2D eigenvalue weighted by molar-refractivity contribution is -0.126. The maximum atomic E-state index is 13.3. The minimum atomic E-state index is -0.356. The summed E-state index contributed by atoms with van der Waals surface area (Å²) in [6, 6.07) is 16.7. The highest BCUT2D eigenvalue weighted by Crippen LogP contribution is 2.28. The first-order valence-electron chi connectivity index (χ1n) is 13.7. The number of carbonyl (C=O) groups excluding carboxylic acids is 2. The first kappa shape index (κ1) is 31.8. The van der Waals surface area contributed by atoms with Crippen LogP contribution in [0.5, 0.6) is 5.75 Å². The number of ether oxygens (including phenoxy) is 1. The van der Waals surface area contributed by atoms with E-state index in [0.29, 0.717) is 64.6 Å². The number of amides is 2. The predicted molar refractivity (Wildman–Crippen MR) is 166 cm³/mol. The molecule has 0 saturated carbocycles. The van der Waals surface area contributed by atoms with Crippen molar-refractivity contribution in [3.05, 3.63) is 92.7 Å². The average Bonchev–Trinajstić information content (AvgIpc) is 2.96. The maximum absolute atomic E-state index is 13.3. The second kappa shape index (κ2) is 15.3. The molecule has 3 aromatic carbocycles. The van der Waals surface area contributed by atoms with Crippen molar-refractivity contribution in [2.45, 2.75) is 39.2 Å². The Balaban J connectivity index is 1.20. The third kappa shape index (κ3) is 9.42. The molecule has 3 aromatic rings. The molecule has 1 fully saturated rings. The highest BCUT2D eigenvalue weighted by Gasteiger charge is 2.25. The Labute approximate surface area is 260 Å². The maximum Gasteiger partial charge on any atom is 0.243 e. The van der Waals surface area contributed by atoms with Crippen LogP contribution in [0.1, 0.15) is 43.7 Å². The van der Waals surface area contributed by atoms with Crippen LogP contribution in [0.15, 0.2) is 65.8 Å². The smallest absolute Gasteiger partial charge is 0.243 e. The van der Waals surface area contributed by atoms with Crippen LogP contribution in [-0.4, -0.2) is 42.1 Å². The van der Waals surface area contributed by atoms with E-state index in [-0.39, 0.29) is 30.0 Å². The van der Waals surface area contributed by atoms with Crippen LogP contribution in [0.3, 0.4) is 0 Å². The minimum Gasteiger partial charge on any atom is -0.492 e. The monoisotopic (exact) mass is 632 g/mol. The van der Waals surface area contributed by atoms with Crippen molar-refractivity contribution in [2.75, 3.05) is 25.0 Å². The number of nitrogens with zero attached hydrogens (tertiary/aromatic N) is 2. The average molecular weight is 634 g/mol. The third-order valence-electron chi connectivity index (χ3n) is 6.97. The summed E-state index contributed by atoms with van der Waals surface area (Å²) >= 11 is 18.2. The van der Waals surface area contributed by atoms with E-state index in [0.717, 1.165) is 24.2 Å². The number of rotatable bonds is 11. The van der Waals surface area contributed by atoms with Gasteiger partial charge in [-0.25, -0.2) is 9.82 Å². The van der Waals surface area contributed by atoms with Crippen molar-refractivity contribution in [1.82, 2.24) is 10.3 Å². The number of nitrogens with one attached hydrogen (secondary N) is 2. The normalized spacial score (nSPS) is 14.5. The van der Waals surface area contributed by atoms with E-state index in [1.54, 1.807) is 37.3 Å². The Morgan fingerprint density at radius 1 is 1.02 bits per heavy atom. The lowest BCUT2D eigenvalue weighted by atomic mass is 9.96. The van der Waals surface area contributed by atoms with Gasteiger partial charge in [0.2, 0.25) is 11.8 Å². The van der Waals surface area contributed by atoms with E-state index in [4.69, 9.17) is 39.5 Å². The minimum absolute atomic E-state index is 0.125. The zero-order valence-electron chi connectivity index (χ0n) is 23.1. The van der Waals surface area contributed by atoms with E-state index in [1.807, 2.05) is 18.2 Å². The van der Waals surface area contributed by atoms with Crippen LogP contribution < -0.4 is 15.5 Å². The van der Waals surface area contributed by atoms with Gasteiger partial charge < -0.3 is 10.1 Å². The van der Waals surface area contributed by atoms with Gasteiger partial charge in [0.25, 0.3) is 0 Å². The molecule has 4 rings (SSSR count). The van der Waals surface area contributed by atoms with Crippen molar-refractivity contribution in [1.29, 1.82) is 0 Å². The molecule has 0 aromatic heterocycles. The zero-order valence-corrected chi connectivity index (χ0v) is 25.4. The van der Waals surface area contributed by atoms with E-state index < -0.39 is 0 Å². The van der Waals surface area contributed by atoms with Gasteiger partial charge in [-0.1, -0.05) is 53.0 Å². The van der Waals surface area contributed by atoms with Gasteiger partial charge in [-0.05, 0) is 92.9 Å². The lowest BCUT2D eigenvalue weighted by Crippen LogP contribution is -2.39.